The van der Waals surface area contributed by atoms with Crippen molar-refractivity contribution in [1.82, 2.24) is 5.32 Å². The Balaban J connectivity index is 1.34. The lowest BCUT2D eigenvalue weighted by Crippen LogP contribution is -3.11. The first kappa shape index (κ1) is 18.5. The van der Waals surface area contributed by atoms with Crippen LogP contribution >= 0.6 is 0 Å². The van der Waals surface area contributed by atoms with Crippen LogP contribution in [0.4, 0.5) is 0 Å². The van der Waals surface area contributed by atoms with E-state index in [1.54, 1.807) is 6.26 Å². The molecular formula is C24H27N2O2+. The van der Waals surface area contributed by atoms with Crippen LogP contribution in [0.5, 0.6) is 0 Å². The first-order valence-electron chi connectivity index (χ1n) is 10.1. The molecule has 2 N–H and O–H groups in total. The number of rotatable bonds is 7. The number of quaternary nitrogens is 1. The number of amides is 1. The molecule has 0 bridgehead atoms. The van der Waals surface area contributed by atoms with Gasteiger partial charge in [-0.1, -0.05) is 54.6 Å². The zero-order chi connectivity index (χ0) is 19.2. The second-order valence-corrected chi connectivity index (χ2v) is 7.48. The minimum Gasteiger partial charge on any atom is -0.463 e. The van der Waals surface area contributed by atoms with Gasteiger partial charge >= 0.3 is 0 Å². The fourth-order valence-corrected chi connectivity index (χ4v) is 4.02. The van der Waals surface area contributed by atoms with Crippen LogP contribution in [0.1, 0.15) is 30.2 Å². The van der Waals surface area contributed by atoms with Crippen molar-refractivity contribution in [3.63, 3.8) is 0 Å². The molecular weight excluding hydrogens is 348 g/mol. The summed E-state index contributed by atoms with van der Waals surface area (Å²) in [5, 5.41) is 3.12. The van der Waals surface area contributed by atoms with E-state index in [2.05, 4.69) is 29.6 Å². The maximum absolute atomic E-state index is 12.5. The maximum Gasteiger partial charge on any atom is 0.224 e. The Morgan fingerprint density at radius 2 is 1.64 bits per heavy atom. The van der Waals surface area contributed by atoms with Gasteiger partial charge in [0.05, 0.1) is 32.3 Å². The molecule has 1 amide bonds. The highest BCUT2D eigenvalue weighted by molar-refractivity contribution is 5.78. The molecule has 0 aliphatic carbocycles. The number of benzene rings is 2. The third kappa shape index (κ3) is 4.52. The Hall–Kier alpha value is -2.85. The molecule has 1 atom stereocenters. The molecule has 0 unspecified atom stereocenters. The molecule has 1 aromatic heterocycles. The normalized spacial score (nSPS) is 15.4. The molecule has 4 heteroatoms. The lowest BCUT2D eigenvalue weighted by atomic mass is 10.0. The molecule has 1 aliphatic heterocycles. The monoisotopic (exact) mass is 375 g/mol. The first-order chi connectivity index (χ1) is 13.8. The Bertz CT molecular complexity index is 867. The quantitative estimate of drug-likeness (QED) is 0.667. The van der Waals surface area contributed by atoms with Gasteiger partial charge in [-0.3, -0.25) is 4.79 Å². The number of carbonyl (C=O) groups is 1. The summed E-state index contributed by atoms with van der Waals surface area (Å²) in [7, 11) is 0. The number of likely N-dealkylation sites (tertiary alicyclic amines) is 1. The van der Waals surface area contributed by atoms with Gasteiger partial charge in [-0.15, -0.1) is 0 Å². The molecule has 28 heavy (non-hydrogen) atoms. The van der Waals surface area contributed by atoms with Crippen molar-refractivity contribution in [3.05, 3.63) is 84.3 Å². The predicted molar refractivity (Wildman–Crippen MR) is 110 cm³/mol. The maximum atomic E-state index is 12.5. The van der Waals surface area contributed by atoms with Crippen molar-refractivity contribution in [2.45, 2.75) is 25.3 Å². The van der Waals surface area contributed by atoms with E-state index >= 15 is 0 Å². The zero-order valence-corrected chi connectivity index (χ0v) is 16.1. The number of nitrogens with one attached hydrogen (secondary N) is 2. The van der Waals surface area contributed by atoms with Crippen LogP contribution in [0.15, 0.2) is 77.4 Å². The van der Waals surface area contributed by atoms with Gasteiger partial charge in [0, 0.05) is 12.8 Å². The fraction of sp³-hybridized carbons (Fsp3) is 0.292. The molecule has 3 aromatic rings. The van der Waals surface area contributed by atoms with E-state index in [0.717, 1.165) is 24.4 Å². The molecule has 144 valence electrons. The van der Waals surface area contributed by atoms with E-state index in [0.29, 0.717) is 13.0 Å². The molecule has 1 aliphatic rings. The number of hydrogen-bond donors (Lipinski definition) is 2. The summed E-state index contributed by atoms with van der Waals surface area (Å²) in [6, 6.07) is 22.7. The molecule has 2 aromatic carbocycles. The molecule has 2 heterocycles. The van der Waals surface area contributed by atoms with Gasteiger partial charge in [-0.2, -0.15) is 0 Å². The first-order valence-corrected chi connectivity index (χ1v) is 10.1. The largest absolute Gasteiger partial charge is 0.463 e. The summed E-state index contributed by atoms with van der Waals surface area (Å²) >= 11 is 0. The van der Waals surface area contributed by atoms with Gasteiger partial charge in [0.15, 0.2) is 11.8 Å². The van der Waals surface area contributed by atoms with Crippen LogP contribution < -0.4 is 10.2 Å². The van der Waals surface area contributed by atoms with E-state index in [-0.39, 0.29) is 11.9 Å². The number of carbonyl (C=O) groups excluding carboxylic acids is 1. The van der Waals surface area contributed by atoms with Crippen molar-refractivity contribution in [1.29, 1.82) is 0 Å². The van der Waals surface area contributed by atoms with Crippen LogP contribution in [0.3, 0.4) is 0 Å². The molecule has 1 saturated heterocycles. The third-order valence-electron chi connectivity index (χ3n) is 5.55. The summed E-state index contributed by atoms with van der Waals surface area (Å²) < 4.78 is 5.64. The second kappa shape index (κ2) is 8.89. The Morgan fingerprint density at radius 1 is 0.929 bits per heavy atom. The lowest BCUT2D eigenvalue weighted by molar-refractivity contribution is -0.919. The smallest absolute Gasteiger partial charge is 0.224 e. The fourth-order valence-electron chi connectivity index (χ4n) is 4.02. The average Bonchev–Trinajstić information content (AvgIpc) is 3.44. The Morgan fingerprint density at radius 3 is 2.32 bits per heavy atom. The third-order valence-corrected chi connectivity index (χ3v) is 5.55. The van der Waals surface area contributed by atoms with E-state index in [1.807, 2.05) is 42.5 Å². The highest BCUT2D eigenvalue weighted by atomic mass is 16.3. The van der Waals surface area contributed by atoms with Crippen LogP contribution in [0, 0.1) is 0 Å². The molecule has 0 spiro atoms. The summed E-state index contributed by atoms with van der Waals surface area (Å²) in [6.07, 6.45) is 4.60. The number of furan rings is 1. The SMILES string of the molecule is O=C(Cc1ccc(-c2ccccc2)cc1)NC[C@@H](c1ccco1)[NH+]1CCCC1. The minimum atomic E-state index is 0.0580. The van der Waals surface area contributed by atoms with Crippen LogP contribution in [-0.2, 0) is 11.2 Å². The standard InChI is InChI=1S/C24H26N2O2/c27-24(17-19-10-12-21(13-11-19)20-7-2-1-3-8-20)25-18-22(23-9-6-16-28-23)26-14-4-5-15-26/h1-3,6-13,16,22H,4-5,14-15,17-18H2,(H,25,27)/p+1/t22-/m0/s1. The molecule has 4 rings (SSSR count). The van der Waals surface area contributed by atoms with Crippen LogP contribution in [-0.4, -0.2) is 25.5 Å². The highest BCUT2D eigenvalue weighted by Gasteiger charge is 2.29. The van der Waals surface area contributed by atoms with Crippen LogP contribution in [0.25, 0.3) is 11.1 Å². The topological polar surface area (TPSA) is 46.7 Å². The second-order valence-electron chi connectivity index (χ2n) is 7.48. The van der Waals surface area contributed by atoms with Crippen molar-refractivity contribution < 1.29 is 14.1 Å². The van der Waals surface area contributed by atoms with Gasteiger partial charge in [0.1, 0.15) is 0 Å². The van der Waals surface area contributed by atoms with Crippen molar-refractivity contribution in [2.75, 3.05) is 19.6 Å². The van der Waals surface area contributed by atoms with Crippen molar-refractivity contribution in [3.8, 4) is 11.1 Å². The minimum absolute atomic E-state index is 0.0580. The summed E-state index contributed by atoms with van der Waals surface area (Å²) in [6.45, 7) is 2.90. The molecule has 1 fully saturated rings. The van der Waals surface area contributed by atoms with Crippen molar-refractivity contribution in [2.24, 2.45) is 0 Å². The van der Waals surface area contributed by atoms with E-state index in [4.69, 9.17) is 4.42 Å². The lowest BCUT2D eigenvalue weighted by Gasteiger charge is -2.23. The summed E-state index contributed by atoms with van der Waals surface area (Å²) in [4.78, 5) is 14.0. The van der Waals surface area contributed by atoms with E-state index in [9.17, 15) is 4.79 Å². The van der Waals surface area contributed by atoms with Gasteiger partial charge in [-0.25, -0.2) is 0 Å². The Labute approximate surface area is 166 Å². The van der Waals surface area contributed by atoms with Gasteiger partial charge in [0.25, 0.3) is 0 Å². The summed E-state index contributed by atoms with van der Waals surface area (Å²) in [5.74, 6) is 1.02. The number of hydrogen-bond acceptors (Lipinski definition) is 2. The van der Waals surface area contributed by atoms with Gasteiger partial charge in [-0.05, 0) is 28.8 Å². The zero-order valence-electron chi connectivity index (χ0n) is 16.1. The average molecular weight is 375 g/mol. The predicted octanol–water partition coefficient (Wildman–Crippen LogP) is 3.03. The molecule has 0 saturated carbocycles. The van der Waals surface area contributed by atoms with E-state index < -0.39 is 0 Å². The highest BCUT2D eigenvalue weighted by Crippen LogP contribution is 2.19. The molecule has 4 nitrogen and oxygen atoms in total. The van der Waals surface area contributed by atoms with E-state index in [1.165, 1.54) is 28.9 Å². The van der Waals surface area contributed by atoms with Gasteiger partial charge < -0.3 is 14.6 Å². The molecule has 0 radical (unpaired) electrons. The summed E-state index contributed by atoms with van der Waals surface area (Å²) in [5.41, 5.74) is 3.38. The van der Waals surface area contributed by atoms with Gasteiger partial charge in [0.2, 0.25) is 5.91 Å². The van der Waals surface area contributed by atoms with Crippen LogP contribution in [0.2, 0.25) is 0 Å². The van der Waals surface area contributed by atoms with Crippen molar-refractivity contribution >= 4 is 5.91 Å². The Kier molecular flexibility index (Phi) is 5.88.